The Morgan fingerprint density at radius 3 is 2.75 bits per heavy atom. The van der Waals surface area contributed by atoms with Crippen LogP contribution in [0.3, 0.4) is 0 Å². The van der Waals surface area contributed by atoms with Crippen molar-refractivity contribution in [3.63, 3.8) is 0 Å². The maximum Gasteiger partial charge on any atom is 0.0221 e. The molecule has 1 aromatic heterocycles. The van der Waals surface area contributed by atoms with E-state index in [0.29, 0.717) is 6.04 Å². The molecule has 1 aliphatic rings. The van der Waals surface area contributed by atoms with Crippen LogP contribution in [0.1, 0.15) is 25.3 Å². The monoisotopic (exact) mass is 221 g/mol. The fourth-order valence-electron chi connectivity index (χ4n) is 2.40. The molecule has 0 radical (unpaired) electrons. The maximum absolute atomic E-state index is 3.54. The number of nitrogens with one attached hydrogen (secondary N) is 1. The molecule has 0 saturated carbocycles. The Kier molecular flexibility index (Phi) is 4.02. The first-order valence-electron chi connectivity index (χ1n) is 6.31. The van der Waals surface area contributed by atoms with Crippen LogP contribution in [0.25, 0.3) is 0 Å². The topological polar surface area (TPSA) is 20.2 Å². The number of hydrogen-bond acceptors (Lipinski definition) is 2. The van der Waals surface area contributed by atoms with Gasteiger partial charge in [0.25, 0.3) is 0 Å². The molecule has 90 valence electrons. The van der Waals surface area contributed by atoms with E-state index in [1.54, 1.807) is 0 Å². The molecule has 16 heavy (non-hydrogen) atoms. The second kappa shape index (κ2) is 5.51. The lowest BCUT2D eigenvalue weighted by molar-refractivity contribution is 0.251. The molecular weight excluding hydrogens is 198 g/mol. The average molecular weight is 221 g/mol. The molecule has 0 aliphatic carbocycles. The van der Waals surface area contributed by atoms with Crippen LogP contribution >= 0.6 is 0 Å². The molecule has 1 aliphatic heterocycles. The number of likely N-dealkylation sites (tertiary alicyclic amines) is 1. The largest absolute Gasteiger partial charge is 0.357 e. The SMILES string of the molecule is CC(CNCc1ccn(C)c1)N1CCCC1. The number of nitrogens with zero attached hydrogens (tertiary/aromatic N) is 2. The fraction of sp³-hybridized carbons (Fsp3) is 0.692. The highest BCUT2D eigenvalue weighted by molar-refractivity contribution is 5.09. The van der Waals surface area contributed by atoms with E-state index in [0.717, 1.165) is 13.1 Å². The third-order valence-corrected chi connectivity index (χ3v) is 3.43. The van der Waals surface area contributed by atoms with Crippen molar-refractivity contribution in [1.29, 1.82) is 0 Å². The summed E-state index contributed by atoms with van der Waals surface area (Å²) in [5, 5.41) is 3.54. The Bertz CT molecular complexity index is 313. The minimum atomic E-state index is 0.672. The molecule has 1 saturated heterocycles. The highest BCUT2D eigenvalue weighted by atomic mass is 15.2. The Labute approximate surface area is 98.4 Å². The number of hydrogen-bond donors (Lipinski definition) is 1. The van der Waals surface area contributed by atoms with Gasteiger partial charge in [-0.15, -0.1) is 0 Å². The van der Waals surface area contributed by atoms with Gasteiger partial charge in [-0.25, -0.2) is 0 Å². The number of aromatic nitrogens is 1. The summed E-state index contributed by atoms with van der Waals surface area (Å²) >= 11 is 0. The summed E-state index contributed by atoms with van der Waals surface area (Å²) in [5.41, 5.74) is 1.37. The van der Waals surface area contributed by atoms with E-state index in [4.69, 9.17) is 0 Å². The van der Waals surface area contributed by atoms with Gasteiger partial charge in [0.2, 0.25) is 0 Å². The Hall–Kier alpha value is -0.800. The van der Waals surface area contributed by atoms with Gasteiger partial charge in [0.1, 0.15) is 0 Å². The van der Waals surface area contributed by atoms with Crippen LogP contribution in [-0.2, 0) is 13.6 Å². The van der Waals surface area contributed by atoms with Gasteiger partial charge in [-0.1, -0.05) is 0 Å². The van der Waals surface area contributed by atoms with Crippen molar-refractivity contribution in [2.24, 2.45) is 7.05 Å². The van der Waals surface area contributed by atoms with Gasteiger partial charge in [0.05, 0.1) is 0 Å². The molecule has 2 rings (SSSR count). The molecule has 2 heterocycles. The zero-order chi connectivity index (χ0) is 11.4. The summed E-state index contributed by atoms with van der Waals surface area (Å²) in [6.07, 6.45) is 7.03. The lowest BCUT2D eigenvalue weighted by atomic mass is 10.3. The third kappa shape index (κ3) is 3.09. The van der Waals surface area contributed by atoms with E-state index in [-0.39, 0.29) is 0 Å². The van der Waals surface area contributed by atoms with Crippen LogP contribution in [0.4, 0.5) is 0 Å². The predicted molar refractivity (Wildman–Crippen MR) is 67.4 cm³/mol. The third-order valence-electron chi connectivity index (χ3n) is 3.43. The maximum atomic E-state index is 3.54. The molecule has 0 amide bonds. The highest BCUT2D eigenvalue weighted by Crippen LogP contribution is 2.10. The van der Waals surface area contributed by atoms with E-state index in [1.165, 1.54) is 31.5 Å². The van der Waals surface area contributed by atoms with E-state index in [1.807, 2.05) is 0 Å². The standard InChI is InChI=1S/C13H23N3/c1-12(16-6-3-4-7-16)9-14-10-13-5-8-15(2)11-13/h5,8,11-12,14H,3-4,6-7,9-10H2,1-2H3. The van der Waals surface area contributed by atoms with Gasteiger partial charge < -0.3 is 9.88 Å². The van der Waals surface area contributed by atoms with Crippen molar-refractivity contribution in [3.8, 4) is 0 Å². The van der Waals surface area contributed by atoms with Crippen LogP contribution in [0.15, 0.2) is 18.5 Å². The van der Waals surface area contributed by atoms with Gasteiger partial charge in [0, 0.05) is 38.6 Å². The molecule has 3 heteroatoms. The Morgan fingerprint density at radius 2 is 2.12 bits per heavy atom. The van der Waals surface area contributed by atoms with E-state index >= 15 is 0 Å². The highest BCUT2D eigenvalue weighted by Gasteiger charge is 2.17. The Morgan fingerprint density at radius 1 is 1.38 bits per heavy atom. The van der Waals surface area contributed by atoms with Crippen molar-refractivity contribution in [2.45, 2.75) is 32.4 Å². The molecule has 1 N–H and O–H groups in total. The van der Waals surface area contributed by atoms with Gasteiger partial charge in [-0.2, -0.15) is 0 Å². The number of aryl methyl sites for hydroxylation is 1. The van der Waals surface area contributed by atoms with E-state index in [9.17, 15) is 0 Å². The summed E-state index contributed by atoms with van der Waals surface area (Å²) in [5.74, 6) is 0. The summed E-state index contributed by atoms with van der Waals surface area (Å²) < 4.78 is 2.10. The zero-order valence-corrected chi connectivity index (χ0v) is 10.4. The quantitative estimate of drug-likeness (QED) is 0.815. The van der Waals surface area contributed by atoms with Crippen molar-refractivity contribution in [2.75, 3.05) is 19.6 Å². The summed E-state index contributed by atoms with van der Waals surface area (Å²) in [6, 6.07) is 2.85. The van der Waals surface area contributed by atoms with E-state index in [2.05, 4.69) is 47.2 Å². The molecule has 1 unspecified atom stereocenters. The normalized spacial score (nSPS) is 19.1. The summed E-state index contributed by atoms with van der Waals surface area (Å²) in [7, 11) is 2.07. The van der Waals surface area contributed by atoms with Crippen molar-refractivity contribution in [1.82, 2.24) is 14.8 Å². The minimum absolute atomic E-state index is 0.672. The molecule has 0 spiro atoms. The van der Waals surface area contributed by atoms with Crippen molar-refractivity contribution in [3.05, 3.63) is 24.0 Å². The van der Waals surface area contributed by atoms with Gasteiger partial charge >= 0.3 is 0 Å². The molecule has 1 aromatic rings. The second-order valence-corrected chi connectivity index (χ2v) is 4.91. The molecule has 0 bridgehead atoms. The Balaban J connectivity index is 1.67. The van der Waals surface area contributed by atoms with Crippen LogP contribution in [0, 0.1) is 0 Å². The summed E-state index contributed by atoms with van der Waals surface area (Å²) in [6.45, 7) is 6.97. The molecule has 3 nitrogen and oxygen atoms in total. The second-order valence-electron chi connectivity index (χ2n) is 4.91. The summed E-state index contributed by atoms with van der Waals surface area (Å²) in [4.78, 5) is 2.58. The van der Waals surface area contributed by atoms with Gasteiger partial charge in [0.15, 0.2) is 0 Å². The van der Waals surface area contributed by atoms with Crippen LogP contribution < -0.4 is 5.32 Å². The van der Waals surface area contributed by atoms with Crippen LogP contribution in [0.5, 0.6) is 0 Å². The first kappa shape index (κ1) is 11.7. The van der Waals surface area contributed by atoms with Crippen molar-refractivity contribution < 1.29 is 0 Å². The van der Waals surface area contributed by atoms with Gasteiger partial charge in [-0.3, -0.25) is 4.90 Å². The molecule has 0 aromatic carbocycles. The fourth-order valence-corrected chi connectivity index (χ4v) is 2.40. The van der Waals surface area contributed by atoms with E-state index < -0.39 is 0 Å². The molecular formula is C13H23N3. The predicted octanol–water partition coefficient (Wildman–Crippen LogP) is 1.60. The first-order valence-corrected chi connectivity index (χ1v) is 6.31. The molecule has 1 fully saturated rings. The minimum Gasteiger partial charge on any atom is -0.357 e. The molecule has 1 atom stereocenters. The van der Waals surface area contributed by atoms with Crippen LogP contribution in [0.2, 0.25) is 0 Å². The lowest BCUT2D eigenvalue weighted by Gasteiger charge is -2.23. The average Bonchev–Trinajstić information content (AvgIpc) is 2.89. The number of rotatable bonds is 5. The van der Waals surface area contributed by atoms with Gasteiger partial charge in [-0.05, 0) is 44.5 Å². The smallest absolute Gasteiger partial charge is 0.0221 e. The lowest BCUT2D eigenvalue weighted by Crippen LogP contribution is -2.38. The van der Waals surface area contributed by atoms with Crippen LogP contribution in [-0.4, -0.2) is 35.1 Å². The zero-order valence-electron chi connectivity index (χ0n) is 10.4. The first-order chi connectivity index (χ1) is 7.75. The van der Waals surface area contributed by atoms with Crippen molar-refractivity contribution >= 4 is 0 Å².